The first-order chi connectivity index (χ1) is 17.9. The molecule has 0 spiro atoms. The van der Waals surface area contributed by atoms with Crippen molar-refractivity contribution in [2.75, 3.05) is 13.1 Å². The summed E-state index contributed by atoms with van der Waals surface area (Å²) in [6.45, 7) is 2.75. The van der Waals surface area contributed by atoms with Crippen molar-refractivity contribution in [3.63, 3.8) is 0 Å². The van der Waals surface area contributed by atoms with E-state index in [0.29, 0.717) is 41.4 Å². The predicted octanol–water partition coefficient (Wildman–Crippen LogP) is 5.85. The van der Waals surface area contributed by atoms with E-state index in [0.717, 1.165) is 29.0 Å². The lowest BCUT2D eigenvalue weighted by Gasteiger charge is -2.33. The van der Waals surface area contributed by atoms with Gasteiger partial charge in [0.1, 0.15) is 4.21 Å². The van der Waals surface area contributed by atoms with E-state index in [1.807, 2.05) is 6.92 Å². The highest BCUT2D eigenvalue weighted by molar-refractivity contribution is 7.91. The summed E-state index contributed by atoms with van der Waals surface area (Å²) in [6, 6.07) is 14.7. The second-order valence-electron chi connectivity index (χ2n) is 9.10. The molecule has 2 N–H and O–H groups in total. The van der Waals surface area contributed by atoms with E-state index in [1.165, 1.54) is 16.4 Å². The number of alkyl halides is 3. The summed E-state index contributed by atoms with van der Waals surface area (Å²) < 4.78 is 66.5. The Hall–Kier alpha value is -2.44. The minimum Gasteiger partial charge on any atom is -0.347 e. The van der Waals surface area contributed by atoms with Crippen molar-refractivity contribution < 1.29 is 26.4 Å². The quantitative estimate of drug-likeness (QED) is 0.347. The minimum absolute atomic E-state index is 0.0423. The number of hydrogen-bond donors (Lipinski definition) is 2. The van der Waals surface area contributed by atoms with Gasteiger partial charge in [-0.15, -0.1) is 11.3 Å². The zero-order valence-corrected chi connectivity index (χ0v) is 22.9. The molecule has 0 radical (unpaired) electrons. The average molecular weight is 586 g/mol. The Balaban J connectivity index is 1.28. The largest absolute Gasteiger partial charge is 0.416 e. The highest BCUT2D eigenvalue weighted by Crippen LogP contribution is 2.31. The molecular formula is C26H27ClF3N3O3S2. The van der Waals surface area contributed by atoms with E-state index in [1.54, 1.807) is 36.4 Å². The number of nitrogens with zero attached hydrogens (tertiary/aromatic N) is 1. The van der Waals surface area contributed by atoms with Crippen molar-refractivity contribution in [3.8, 4) is 0 Å². The fourth-order valence-electron chi connectivity index (χ4n) is 4.26. The van der Waals surface area contributed by atoms with Crippen molar-refractivity contribution in [1.82, 2.24) is 14.9 Å². The van der Waals surface area contributed by atoms with Gasteiger partial charge < -0.3 is 10.6 Å². The Morgan fingerprint density at radius 2 is 1.68 bits per heavy atom. The van der Waals surface area contributed by atoms with Crippen molar-refractivity contribution >= 4 is 38.9 Å². The maximum atomic E-state index is 13.2. The highest BCUT2D eigenvalue weighted by atomic mass is 35.5. The molecule has 4 rings (SSSR count). The third-order valence-corrected chi connectivity index (χ3v) is 10.1. The molecule has 1 saturated heterocycles. The topological polar surface area (TPSA) is 78.5 Å². The Morgan fingerprint density at radius 3 is 2.29 bits per heavy atom. The average Bonchev–Trinajstić information content (AvgIpc) is 3.38. The van der Waals surface area contributed by atoms with Crippen LogP contribution in [-0.4, -0.2) is 37.8 Å². The summed E-state index contributed by atoms with van der Waals surface area (Å²) in [6.07, 6.45) is -3.21. The van der Waals surface area contributed by atoms with E-state index in [4.69, 9.17) is 11.6 Å². The summed E-state index contributed by atoms with van der Waals surface area (Å²) in [5, 5.41) is 6.72. The smallest absolute Gasteiger partial charge is 0.347 e. The summed E-state index contributed by atoms with van der Waals surface area (Å²) in [5.74, 6) is -0.278. The van der Waals surface area contributed by atoms with Crippen LogP contribution in [0.1, 0.15) is 52.2 Å². The number of carbonyl (C=O) groups excluding carboxylic acids is 1. The molecule has 0 aliphatic carbocycles. The molecule has 1 aliphatic rings. The lowest BCUT2D eigenvalue weighted by molar-refractivity contribution is -0.137. The number of amides is 1. The molecule has 204 valence electrons. The monoisotopic (exact) mass is 585 g/mol. The minimum atomic E-state index is -4.37. The number of halogens is 4. The zero-order valence-electron chi connectivity index (χ0n) is 20.5. The molecule has 1 amide bonds. The van der Waals surface area contributed by atoms with Gasteiger partial charge >= 0.3 is 6.18 Å². The number of nitrogens with one attached hydrogen (secondary N) is 2. The van der Waals surface area contributed by atoms with Gasteiger partial charge in [-0.2, -0.15) is 17.5 Å². The number of sulfonamides is 1. The van der Waals surface area contributed by atoms with Crippen molar-refractivity contribution in [2.24, 2.45) is 0 Å². The Morgan fingerprint density at radius 1 is 1.05 bits per heavy atom. The number of hydrogen-bond acceptors (Lipinski definition) is 5. The molecule has 1 fully saturated rings. The third-order valence-electron chi connectivity index (χ3n) is 6.44. The number of piperidine rings is 1. The van der Waals surface area contributed by atoms with Gasteiger partial charge in [0.05, 0.1) is 12.1 Å². The summed E-state index contributed by atoms with van der Waals surface area (Å²) in [7, 11) is -3.67. The van der Waals surface area contributed by atoms with Gasteiger partial charge in [0.15, 0.2) is 0 Å². The van der Waals surface area contributed by atoms with Crippen LogP contribution in [0.3, 0.4) is 0 Å². The third kappa shape index (κ3) is 6.95. The first-order valence-electron chi connectivity index (χ1n) is 12.0. The van der Waals surface area contributed by atoms with Crippen LogP contribution in [0, 0.1) is 0 Å². The van der Waals surface area contributed by atoms with Gasteiger partial charge in [-0.3, -0.25) is 4.79 Å². The molecule has 1 aliphatic heterocycles. The molecule has 1 atom stereocenters. The van der Waals surface area contributed by atoms with Crippen LogP contribution in [0.25, 0.3) is 0 Å². The second kappa shape index (κ2) is 11.7. The molecule has 0 bridgehead atoms. The van der Waals surface area contributed by atoms with Crippen LogP contribution in [-0.2, 0) is 22.7 Å². The molecular weight excluding hydrogens is 559 g/mol. The lowest BCUT2D eigenvalue weighted by Crippen LogP contribution is -2.45. The number of thiophene rings is 1. The fourth-order valence-corrected chi connectivity index (χ4v) is 7.31. The van der Waals surface area contributed by atoms with Gasteiger partial charge in [0.25, 0.3) is 15.9 Å². The number of benzene rings is 2. The molecule has 3 aromatic rings. The molecule has 1 unspecified atom stereocenters. The molecule has 38 heavy (non-hydrogen) atoms. The van der Waals surface area contributed by atoms with Gasteiger partial charge in [0, 0.05) is 40.6 Å². The van der Waals surface area contributed by atoms with Gasteiger partial charge in [0.2, 0.25) is 0 Å². The van der Waals surface area contributed by atoms with Crippen molar-refractivity contribution in [2.45, 2.75) is 48.8 Å². The zero-order chi connectivity index (χ0) is 27.5. The van der Waals surface area contributed by atoms with Crippen LogP contribution < -0.4 is 10.6 Å². The molecule has 12 heteroatoms. The number of rotatable bonds is 8. The Labute approximate surface area is 228 Å². The van der Waals surface area contributed by atoms with E-state index in [-0.39, 0.29) is 28.7 Å². The highest BCUT2D eigenvalue weighted by Gasteiger charge is 2.32. The van der Waals surface area contributed by atoms with Gasteiger partial charge in [-0.1, -0.05) is 23.7 Å². The van der Waals surface area contributed by atoms with Crippen LogP contribution >= 0.6 is 22.9 Å². The predicted molar refractivity (Wildman–Crippen MR) is 142 cm³/mol. The maximum absolute atomic E-state index is 13.2. The van der Waals surface area contributed by atoms with Crippen LogP contribution in [0.5, 0.6) is 0 Å². The van der Waals surface area contributed by atoms with E-state index >= 15 is 0 Å². The first-order valence-corrected chi connectivity index (χ1v) is 14.6. The SMILES string of the molecule is CC(NC1CCN(S(=O)(=O)c2ccc(CNC(=O)c3ccc(Cl)cc3)s2)CC1)c1ccc(C(F)(F)F)cc1. The van der Waals surface area contributed by atoms with Crippen LogP contribution in [0.15, 0.2) is 64.9 Å². The standard InChI is InChI=1S/C26H27ClF3N3O3S2/c1-17(18-2-6-20(7-3-18)26(28,29)30)32-22-12-14-33(15-13-22)38(35,36)24-11-10-23(37-24)16-31-25(34)19-4-8-21(27)9-5-19/h2-11,17,22,32H,12-16H2,1H3,(H,31,34). The van der Waals surface area contributed by atoms with Crippen molar-refractivity contribution in [1.29, 1.82) is 0 Å². The van der Waals surface area contributed by atoms with E-state index in [9.17, 15) is 26.4 Å². The van der Waals surface area contributed by atoms with E-state index in [2.05, 4.69) is 10.6 Å². The Kier molecular flexibility index (Phi) is 8.83. The molecule has 6 nitrogen and oxygen atoms in total. The maximum Gasteiger partial charge on any atom is 0.416 e. The number of carbonyl (C=O) groups is 1. The second-order valence-corrected chi connectivity index (χ2v) is 12.9. The summed E-state index contributed by atoms with van der Waals surface area (Å²) in [5.41, 5.74) is 0.512. The summed E-state index contributed by atoms with van der Waals surface area (Å²) in [4.78, 5) is 13.0. The van der Waals surface area contributed by atoms with Crippen LogP contribution in [0.2, 0.25) is 5.02 Å². The van der Waals surface area contributed by atoms with Gasteiger partial charge in [-0.25, -0.2) is 8.42 Å². The fraction of sp³-hybridized carbons (Fsp3) is 0.346. The van der Waals surface area contributed by atoms with E-state index < -0.39 is 21.8 Å². The summed E-state index contributed by atoms with van der Waals surface area (Å²) >= 11 is 6.97. The van der Waals surface area contributed by atoms with Crippen LogP contribution in [0.4, 0.5) is 13.2 Å². The molecule has 0 saturated carbocycles. The Bertz CT molecular complexity index is 1350. The molecule has 2 heterocycles. The normalized spacial score (nSPS) is 16.3. The first kappa shape index (κ1) is 28.6. The van der Waals surface area contributed by atoms with Crippen molar-refractivity contribution in [3.05, 3.63) is 87.3 Å². The lowest BCUT2D eigenvalue weighted by atomic mass is 10.0. The molecule has 1 aromatic heterocycles. The van der Waals surface area contributed by atoms with Gasteiger partial charge in [-0.05, 0) is 73.9 Å². The molecule has 2 aromatic carbocycles.